The van der Waals surface area contributed by atoms with Crippen LogP contribution in [0, 0.1) is 0 Å². The van der Waals surface area contributed by atoms with Crippen molar-refractivity contribution in [2.24, 2.45) is 5.10 Å². The molecule has 124 valence electrons. The first-order valence-corrected chi connectivity index (χ1v) is 7.60. The molecular weight excluding hydrogens is 332 g/mol. The Hall–Kier alpha value is -2.73. The van der Waals surface area contributed by atoms with Gasteiger partial charge in [0.15, 0.2) is 11.5 Å². The van der Waals surface area contributed by atoms with Gasteiger partial charge in [-0.3, -0.25) is 4.79 Å². The van der Waals surface area contributed by atoms with Crippen molar-refractivity contribution in [2.45, 2.75) is 6.10 Å². The van der Waals surface area contributed by atoms with E-state index < -0.39 is 6.10 Å². The molecule has 1 unspecified atom stereocenters. The Morgan fingerprint density at radius 2 is 2.12 bits per heavy atom. The molecule has 0 aliphatic carbocycles. The Balaban J connectivity index is 1.60. The minimum atomic E-state index is -0.753. The van der Waals surface area contributed by atoms with Crippen LogP contribution in [0.4, 0.5) is 0 Å². The summed E-state index contributed by atoms with van der Waals surface area (Å²) in [7, 11) is 1.53. The number of carbonyl (C=O) groups excluding carboxylic acids is 1. The van der Waals surface area contributed by atoms with Crippen LogP contribution < -0.4 is 19.6 Å². The third-order valence-electron chi connectivity index (χ3n) is 3.36. The van der Waals surface area contributed by atoms with Gasteiger partial charge in [-0.1, -0.05) is 29.8 Å². The zero-order valence-electron chi connectivity index (χ0n) is 12.9. The number of para-hydroxylation sites is 2. The van der Waals surface area contributed by atoms with Gasteiger partial charge < -0.3 is 14.2 Å². The second-order valence-electron chi connectivity index (χ2n) is 4.99. The van der Waals surface area contributed by atoms with E-state index in [0.29, 0.717) is 22.3 Å². The predicted molar refractivity (Wildman–Crippen MR) is 90.1 cm³/mol. The maximum atomic E-state index is 12.1. The maximum Gasteiger partial charge on any atom is 0.284 e. The third kappa shape index (κ3) is 3.60. The molecule has 1 heterocycles. The van der Waals surface area contributed by atoms with Crippen LogP contribution in [0.2, 0.25) is 5.02 Å². The second-order valence-corrected chi connectivity index (χ2v) is 5.40. The monoisotopic (exact) mass is 346 g/mol. The molecule has 1 aliphatic rings. The van der Waals surface area contributed by atoms with Crippen LogP contribution in [-0.2, 0) is 4.79 Å². The highest BCUT2D eigenvalue weighted by molar-refractivity contribution is 6.32. The van der Waals surface area contributed by atoms with Gasteiger partial charge in [0.1, 0.15) is 12.4 Å². The fourth-order valence-electron chi connectivity index (χ4n) is 2.15. The molecule has 2 aromatic carbocycles. The van der Waals surface area contributed by atoms with Crippen molar-refractivity contribution in [1.82, 2.24) is 5.43 Å². The summed E-state index contributed by atoms with van der Waals surface area (Å²) in [5, 5.41) is 4.42. The Kier molecular flexibility index (Phi) is 4.86. The first-order chi connectivity index (χ1) is 11.7. The van der Waals surface area contributed by atoms with E-state index in [-0.39, 0.29) is 12.5 Å². The van der Waals surface area contributed by atoms with Gasteiger partial charge >= 0.3 is 0 Å². The molecule has 1 atom stereocenters. The molecule has 7 heteroatoms. The molecule has 24 heavy (non-hydrogen) atoms. The fourth-order valence-corrected chi connectivity index (χ4v) is 2.34. The van der Waals surface area contributed by atoms with Crippen LogP contribution >= 0.6 is 11.6 Å². The first-order valence-electron chi connectivity index (χ1n) is 7.22. The number of nitrogens with zero attached hydrogens (tertiary/aromatic N) is 1. The van der Waals surface area contributed by atoms with E-state index in [9.17, 15) is 4.79 Å². The number of benzene rings is 2. The minimum Gasteiger partial charge on any atom is -0.495 e. The van der Waals surface area contributed by atoms with Crippen LogP contribution in [0.25, 0.3) is 0 Å². The number of halogens is 1. The molecule has 1 N–H and O–H groups in total. The molecule has 1 amide bonds. The fraction of sp³-hybridized carbons (Fsp3) is 0.176. The van der Waals surface area contributed by atoms with E-state index in [1.807, 2.05) is 12.1 Å². The molecule has 1 aliphatic heterocycles. The Morgan fingerprint density at radius 3 is 2.92 bits per heavy atom. The number of rotatable bonds is 4. The van der Waals surface area contributed by atoms with Crippen molar-refractivity contribution < 1.29 is 19.0 Å². The molecule has 0 saturated heterocycles. The summed E-state index contributed by atoms with van der Waals surface area (Å²) in [6.07, 6.45) is 0.741. The lowest BCUT2D eigenvalue weighted by molar-refractivity contribution is -0.130. The third-order valence-corrected chi connectivity index (χ3v) is 3.68. The minimum absolute atomic E-state index is 0.132. The van der Waals surface area contributed by atoms with E-state index in [4.69, 9.17) is 25.8 Å². The number of hydrogen-bond acceptors (Lipinski definition) is 5. The molecule has 2 aromatic rings. The zero-order valence-corrected chi connectivity index (χ0v) is 13.6. The van der Waals surface area contributed by atoms with Gasteiger partial charge in [0.2, 0.25) is 6.10 Å². The van der Waals surface area contributed by atoms with Crippen LogP contribution in [0.15, 0.2) is 47.6 Å². The topological polar surface area (TPSA) is 69.2 Å². The van der Waals surface area contributed by atoms with Gasteiger partial charge in [-0.05, 0) is 29.8 Å². The number of methoxy groups -OCH3 is 1. The van der Waals surface area contributed by atoms with Crippen molar-refractivity contribution in [2.75, 3.05) is 13.7 Å². The van der Waals surface area contributed by atoms with Gasteiger partial charge in [-0.25, -0.2) is 5.43 Å². The predicted octanol–water partition coefficient (Wildman–Crippen LogP) is 2.64. The molecule has 3 rings (SSSR count). The van der Waals surface area contributed by atoms with Crippen molar-refractivity contribution in [3.8, 4) is 17.2 Å². The summed E-state index contributed by atoms with van der Waals surface area (Å²) in [6, 6.07) is 12.4. The summed E-state index contributed by atoms with van der Waals surface area (Å²) in [4.78, 5) is 12.1. The largest absolute Gasteiger partial charge is 0.495 e. The van der Waals surface area contributed by atoms with E-state index >= 15 is 0 Å². The molecule has 6 nitrogen and oxygen atoms in total. The summed E-state index contributed by atoms with van der Waals surface area (Å²) >= 11 is 5.95. The van der Waals surface area contributed by atoms with E-state index in [2.05, 4.69) is 10.5 Å². The maximum absolute atomic E-state index is 12.1. The Morgan fingerprint density at radius 1 is 1.33 bits per heavy atom. The van der Waals surface area contributed by atoms with Crippen LogP contribution in [0.3, 0.4) is 0 Å². The SMILES string of the molecule is COc1cc(/C=N/NC(=O)C2COc3ccccc3O2)ccc1Cl. The van der Waals surface area contributed by atoms with Crippen molar-refractivity contribution >= 4 is 23.7 Å². The lowest BCUT2D eigenvalue weighted by Crippen LogP contribution is -2.42. The summed E-state index contributed by atoms with van der Waals surface area (Å²) < 4.78 is 16.2. The molecule has 0 radical (unpaired) electrons. The number of hydrogen-bond donors (Lipinski definition) is 1. The number of carbonyl (C=O) groups is 1. The number of fused-ring (bicyclic) bond motifs is 1. The standard InChI is InChI=1S/C17H15ClN2O4/c1-22-15-8-11(6-7-12(15)18)9-19-20-17(21)16-10-23-13-4-2-3-5-14(13)24-16/h2-9,16H,10H2,1H3,(H,20,21)/b19-9+. The summed E-state index contributed by atoms with van der Waals surface area (Å²) in [5.41, 5.74) is 3.17. The highest BCUT2D eigenvalue weighted by Crippen LogP contribution is 2.30. The molecule has 0 fully saturated rings. The number of hydrazone groups is 1. The normalized spacial score (nSPS) is 16.0. The number of nitrogens with one attached hydrogen (secondary N) is 1. The Labute approximate surface area is 144 Å². The smallest absolute Gasteiger partial charge is 0.284 e. The zero-order chi connectivity index (χ0) is 16.9. The summed E-state index contributed by atoms with van der Waals surface area (Å²) in [6.45, 7) is 0.132. The average Bonchev–Trinajstić information content (AvgIpc) is 2.62. The van der Waals surface area contributed by atoms with Crippen molar-refractivity contribution in [3.63, 3.8) is 0 Å². The lowest BCUT2D eigenvalue weighted by Gasteiger charge is -2.24. The highest BCUT2D eigenvalue weighted by atomic mass is 35.5. The van der Waals surface area contributed by atoms with E-state index in [1.54, 1.807) is 30.3 Å². The number of amides is 1. The highest BCUT2D eigenvalue weighted by Gasteiger charge is 2.26. The molecule has 0 saturated carbocycles. The Bertz CT molecular complexity index is 779. The lowest BCUT2D eigenvalue weighted by atomic mass is 10.2. The van der Waals surface area contributed by atoms with Gasteiger partial charge in [-0.15, -0.1) is 0 Å². The molecule has 0 spiro atoms. The number of ether oxygens (including phenoxy) is 3. The summed E-state index contributed by atoms with van der Waals surface area (Å²) in [5.74, 6) is 1.31. The molecular formula is C17H15ClN2O4. The molecule has 0 aromatic heterocycles. The van der Waals surface area contributed by atoms with Crippen molar-refractivity contribution in [3.05, 3.63) is 53.1 Å². The van der Waals surface area contributed by atoms with E-state index in [0.717, 1.165) is 5.56 Å². The van der Waals surface area contributed by atoms with Crippen molar-refractivity contribution in [1.29, 1.82) is 0 Å². The van der Waals surface area contributed by atoms with Gasteiger partial charge in [0, 0.05) is 0 Å². The van der Waals surface area contributed by atoms with Crippen LogP contribution in [-0.4, -0.2) is 31.9 Å². The first kappa shape index (κ1) is 16.1. The van der Waals surface area contributed by atoms with Crippen LogP contribution in [0.1, 0.15) is 5.56 Å². The van der Waals surface area contributed by atoms with Gasteiger partial charge in [0.05, 0.1) is 18.3 Å². The second kappa shape index (κ2) is 7.23. The average molecular weight is 347 g/mol. The van der Waals surface area contributed by atoms with Gasteiger partial charge in [-0.2, -0.15) is 5.10 Å². The molecule has 0 bridgehead atoms. The van der Waals surface area contributed by atoms with E-state index in [1.165, 1.54) is 13.3 Å². The quantitative estimate of drug-likeness (QED) is 0.682. The van der Waals surface area contributed by atoms with Gasteiger partial charge in [0.25, 0.3) is 5.91 Å². The van der Waals surface area contributed by atoms with Crippen LogP contribution in [0.5, 0.6) is 17.2 Å².